The number of nitrogens with zero attached hydrogens (tertiary/aromatic N) is 1. The van der Waals surface area contributed by atoms with Crippen molar-refractivity contribution in [2.45, 2.75) is 106 Å². The summed E-state index contributed by atoms with van der Waals surface area (Å²) in [4.78, 5) is 142. The lowest BCUT2D eigenvalue weighted by Gasteiger charge is -2.31. The number of aliphatic carboxylic acids is 1. The summed E-state index contributed by atoms with van der Waals surface area (Å²) in [6, 6.07) is -3.36. The van der Waals surface area contributed by atoms with E-state index in [1.54, 1.807) is 30.3 Å². The average Bonchev–Trinajstić information content (AvgIpc) is 3.75. The van der Waals surface area contributed by atoms with Crippen LogP contribution in [0.1, 0.15) is 56.9 Å². The minimum absolute atomic E-state index is 0.0411. The van der Waals surface area contributed by atoms with Gasteiger partial charge >= 0.3 is 5.97 Å². The number of carbonyl (C=O) groups excluding carboxylic acids is 10. The lowest BCUT2D eigenvalue weighted by atomic mass is 10.0. The largest absolute Gasteiger partial charge is 0.480 e. The Hall–Kier alpha value is -6.38. The summed E-state index contributed by atoms with van der Waals surface area (Å²) in [5.41, 5.74) is 22.7. The van der Waals surface area contributed by atoms with Crippen molar-refractivity contribution in [3.05, 3.63) is 35.9 Å². The highest BCUT2D eigenvalue weighted by atomic mass is 32.1. The number of aliphatic hydroxyl groups excluding tert-OH is 2. The summed E-state index contributed by atoms with van der Waals surface area (Å²) in [5.74, 6) is -11.4. The van der Waals surface area contributed by atoms with Crippen LogP contribution >= 0.6 is 12.6 Å². The van der Waals surface area contributed by atoms with E-state index in [0.29, 0.717) is 5.56 Å². The lowest BCUT2D eigenvalue weighted by Crippen LogP contribution is -2.60. The van der Waals surface area contributed by atoms with Crippen molar-refractivity contribution < 1.29 is 68.1 Å². The number of benzene rings is 1. The van der Waals surface area contributed by atoms with Crippen molar-refractivity contribution in [3.8, 4) is 0 Å². The number of rotatable bonds is 28. The van der Waals surface area contributed by atoms with Gasteiger partial charge in [-0.1, -0.05) is 30.3 Å². The van der Waals surface area contributed by atoms with Crippen molar-refractivity contribution in [2.24, 2.45) is 22.9 Å². The predicted molar refractivity (Wildman–Crippen MR) is 225 cm³/mol. The second-order valence-electron chi connectivity index (χ2n) is 14.8. The van der Waals surface area contributed by atoms with Gasteiger partial charge in [0, 0.05) is 31.6 Å². The fraction of sp³-hybridized carbons (Fsp3) is 0.553. The van der Waals surface area contributed by atoms with Crippen molar-refractivity contribution in [3.63, 3.8) is 0 Å². The number of amides is 10. The molecule has 64 heavy (non-hydrogen) atoms. The first-order valence-electron chi connectivity index (χ1n) is 20.0. The highest BCUT2D eigenvalue weighted by Gasteiger charge is 2.40. The van der Waals surface area contributed by atoms with Crippen molar-refractivity contribution in [1.82, 2.24) is 36.8 Å². The number of carboxylic acid groups (broad SMARTS) is 1. The van der Waals surface area contributed by atoms with Crippen LogP contribution in [0.25, 0.3) is 0 Å². The highest BCUT2D eigenvalue weighted by Crippen LogP contribution is 2.20. The second-order valence-corrected chi connectivity index (χ2v) is 15.1. The Kier molecular flexibility index (Phi) is 22.6. The molecule has 17 N–H and O–H groups in total. The summed E-state index contributed by atoms with van der Waals surface area (Å²) >= 11 is 4.04. The molecule has 0 aromatic heterocycles. The minimum atomic E-state index is -1.68. The lowest BCUT2D eigenvalue weighted by molar-refractivity contribution is -0.144. The molecule has 1 fully saturated rings. The van der Waals surface area contributed by atoms with Crippen LogP contribution in [0.2, 0.25) is 0 Å². The standard InChI is InChI=1S/C38H57N11O14S/c39-20(15-19-5-2-1-3-6-19)31(55)46-24(16-50)34(58)44-21(8-11-28(40)52)32(56)43-22(9-12-29(41)53)33(57)45-23(10-13-30(42)54)37(61)49-14-4-7-27(49)36(60)48-26(18-64)35(59)47-25(17-51)38(62)63/h1-3,5-6,20-27,50-51,64H,4,7-18,39H2,(H2,40,52)(H2,41,53)(H2,42,54)(H,43,56)(H,44,58)(H,45,57)(H,46,55)(H,47,59)(H,48,60)(H,62,63)/t20-,21-,22-,23-,24-,25-,26-,27-/m0/s1. The van der Waals surface area contributed by atoms with Crippen molar-refractivity contribution in [2.75, 3.05) is 25.5 Å². The number of hydrogen-bond acceptors (Lipinski definition) is 15. The summed E-state index contributed by atoms with van der Waals surface area (Å²) in [5, 5.41) is 42.2. The fourth-order valence-electron chi connectivity index (χ4n) is 6.33. The molecule has 0 saturated carbocycles. The Morgan fingerprint density at radius 3 is 1.53 bits per heavy atom. The molecule has 1 aliphatic rings. The molecular formula is C38H57N11O14S. The number of nitrogens with one attached hydrogen (secondary N) is 6. The molecule has 1 aromatic rings. The summed E-state index contributed by atoms with van der Waals surface area (Å²) in [7, 11) is 0. The average molecular weight is 924 g/mol. The van der Waals surface area contributed by atoms with Crippen LogP contribution in [-0.4, -0.2) is 159 Å². The number of carbonyl (C=O) groups is 11. The number of aliphatic hydroxyl groups is 2. The van der Waals surface area contributed by atoms with Gasteiger partial charge in [-0.05, 0) is 44.1 Å². The third kappa shape index (κ3) is 17.8. The fourth-order valence-corrected chi connectivity index (χ4v) is 6.59. The monoisotopic (exact) mass is 923 g/mol. The Morgan fingerprint density at radius 1 is 0.625 bits per heavy atom. The van der Waals surface area contributed by atoms with Gasteiger partial charge in [-0.3, -0.25) is 47.9 Å². The zero-order valence-electron chi connectivity index (χ0n) is 34.7. The molecule has 25 nitrogen and oxygen atoms in total. The van der Waals surface area contributed by atoms with Crippen molar-refractivity contribution in [1.29, 1.82) is 0 Å². The molecule has 8 atom stereocenters. The molecule has 0 radical (unpaired) electrons. The van der Waals surface area contributed by atoms with Gasteiger partial charge in [0.25, 0.3) is 0 Å². The highest BCUT2D eigenvalue weighted by molar-refractivity contribution is 7.80. The molecule has 0 unspecified atom stereocenters. The number of carboxylic acids is 1. The van der Waals surface area contributed by atoms with Crippen LogP contribution in [0.15, 0.2) is 30.3 Å². The molecule has 1 heterocycles. The van der Waals surface area contributed by atoms with E-state index >= 15 is 0 Å². The Bertz CT molecular complexity index is 1860. The van der Waals surface area contributed by atoms with E-state index in [9.17, 15) is 63.0 Å². The van der Waals surface area contributed by atoms with E-state index in [1.165, 1.54) is 0 Å². The van der Waals surface area contributed by atoms with Gasteiger partial charge < -0.3 is 75.1 Å². The van der Waals surface area contributed by atoms with Crippen LogP contribution < -0.4 is 54.8 Å². The quantitative estimate of drug-likeness (QED) is 0.0348. The number of hydrogen-bond donors (Lipinski definition) is 14. The zero-order chi connectivity index (χ0) is 48.1. The second kappa shape index (κ2) is 26.9. The third-order valence-corrected chi connectivity index (χ3v) is 10.2. The maximum atomic E-state index is 14.0. The van der Waals surface area contributed by atoms with Gasteiger partial charge in [0.2, 0.25) is 59.1 Å². The number of likely N-dealkylation sites (tertiary alicyclic amines) is 1. The SMILES string of the molecule is NC(=O)CC[C@H](NC(=O)[C@H](CO)NC(=O)[C@@H](N)Cc1ccccc1)C(=O)N[C@@H](CCC(N)=O)C(=O)N[C@@H](CCC(N)=O)C(=O)N1CCC[C@H]1C(=O)N[C@@H](CS)C(=O)N[C@@H](CO)C(=O)O. The molecule has 354 valence electrons. The smallest absolute Gasteiger partial charge is 0.328 e. The molecule has 1 aliphatic heterocycles. The van der Waals surface area contributed by atoms with Crippen LogP contribution in [0.4, 0.5) is 0 Å². The molecule has 1 aromatic carbocycles. The summed E-state index contributed by atoms with van der Waals surface area (Å²) in [6.45, 7) is -1.94. The van der Waals surface area contributed by atoms with Crippen molar-refractivity contribution >= 4 is 77.7 Å². The van der Waals surface area contributed by atoms with E-state index in [1.807, 2.05) is 0 Å². The molecule has 1 saturated heterocycles. The van der Waals surface area contributed by atoms with E-state index in [2.05, 4.69) is 44.5 Å². The van der Waals surface area contributed by atoms with E-state index in [4.69, 9.17) is 28.0 Å². The molecule has 2 rings (SSSR count). The Morgan fingerprint density at radius 2 is 1.06 bits per heavy atom. The first-order chi connectivity index (χ1) is 30.2. The van der Waals surface area contributed by atoms with Crippen LogP contribution in [0.3, 0.4) is 0 Å². The Labute approximate surface area is 372 Å². The van der Waals surface area contributed by atoms with Gasteiger partial charge in [0.05, 0.1) is 19.3 Å². The molecule has 0 bridgehead atoms. The van der Waals surface area contributed by atoms with E-state index in [-0.39, 0.29) is 31.6 Å². The van der Waals surface area contributed by atoms with Crippen LogP contribution in [0.5, 0.6) is 0 Å². The number of nitrogens with two attached hydrogens (primary N) is 4. The maximum Gasteiger partial charge on any atom is 0.328 e. The summed E-state index contributed by atoms with van der Waals surface area (Å²) in [6.07, 6.45) is -2.37. The summed E-state index contributed by atoms with van der Waals surface area (Å²) < 4.78 is 0. The van der Waals surface area contributed by atoms with Crippen LogP contribution in [0, 0.1) is 0 Å². The first kappa shape index (κ1) is 53.8. The molecule has 0 aliphatic carbocycles. The van der Waals surface area contributed by atoms with Crippen LogP contribution in [-0.2, 0) is 59.2 Å². The number of thiol groups is 1. The van der Waals surface area contributed by atoms with Gasteiger partial charge in [0.15, 0.2) is 0 Å². The van der Waals surface area contributed by atoms with Gasteiger partial charge in [0.1, 0.15) is 42.3 Å². The molecule has 10 amide bonds. The molecular weight excluding hydrogens is 867 g/mol. The maximum absolute atomic E-state index is 14.0. The zero-order valence-corrected chi connectivity index (χ0v) is 35.6. The van der Waals surface area contributed by atoms with E-state index < -0.39 is 165 Å². The number of primary amides is 3. The molecule has 0 spiro atoms. The Balaban J connectivity index is 2.31. The first-order valence-corrected chi connectivity index (χ1v) is 20.7. The minimum Gasteiger partial charge on any atom is -0.480 e. The third-order valence-electron chi connectivity index (χ3n) is 9.82. The molecule has 26 heteroatoms. The predicted octanol–water partition coefficient (Wildman–Crippen LogP) is -6.75. The normalized spacial score (nSPS) is 16.6. The van der Waals surface area contributed by atoms with Gasteiger partial charge in [-0.2, -0.15) is 12.6 Å². The topological polar surface area (TPSA) is 428 Å². The van der Waals surface area contributed by atoms with Gasteiger partial charge in [-0.25, -0.2) is 4.79 Å². The van der Waals surface area contributed by atoms with E-state index in [0.717, 1.165) is 4.90 Å². The van der Waals surface area contributed by atoms with Gasteiger partial charge in [-0.15, -0.1) is 0 Å².